The summed E-state index contributed by atoms with van der Waals surface area (Å²) in [6, 6.07) is 0. The smallest absolute Gasteiger partial charge is 0.168 e. The van der Waals surface area contributed by atoms with Gasteiger partial charge in [0.2, 0.25) is 0 Å². The van der Waals surface area contributed by atoms with E-state index in [2.05, 4.69) is 34.6 Å². The van der Waals surface area contributed by atoms with Crippen LogP contribution in [0.5, 0.6) is 0 Å². The van der Waals surface area contributed by atoms with Gasteiger partial charge in [-0.1, -0.05) is 41.5 Å². The van der Waals surface area contributed by atoms with Crippen molar-refractivity contribution in [2.75, 3.05) is 0 Å². The number of aliphatic hydroxyl groups is 1. The number of hydrogen-bond acceptors (Lipinski definition) is 2. The summed E-state index contributed by atoms with van der Waals surface area (Å²) in [5.74, 6) is 0.424. The first kappa shape index (κ1) is 18.2. The van der Waals surface area contributed by atoms with Gasteiger partial charge < -0.3 is 5.11 Å². The minimum Gasteiger partial charge on any atom is -0.511 e. The molecule has 1 N–H and O–H groups in total. The van der Waals surface area contributed by atoms with Gasteiger partial charge in [-0.05, 0) is 39.0 Å². The van der Waals surface area contributed by atoms with E-state index in [-0.39, 0.29) is 16.6 Å². The predicted molar refractivity (Wildman–Crippen MR) is 82.3 cm³/mol. The monoisotopic (exact) mass is 268 g/mol. The Bertz CT molecular complexity index is 323. The molecular formula is C17H32O2. The Labute approximate surface area is 119 Å². The van der Waals surface area contributed by atoms with Crippen molar-refractivity contribution >= 4 is 5.78 Å². The third-order valence-electron chi connectivity index (χ3n) is 5.34. The zero-order valence-corrected chi connectivity index (χ0v) is 13.9. The predicted octanol–water partition coefficient (Wildman–Crippen LogP) is 5.43. The van der Waals surface area contributed by atoms with Gasteiger partial charge in [-0.2, -0.15) is 0 Å². The van der Waals surface area contributed by atoms with Crippen molar-refractivity contribution in [3.05, 3.63) is 11.3 Å². The zero-order chi connectivity index (χ0) is 15.3. The standard InChI is InChI=1S/C17H32O2/c1-8-16(7,9-2)14(18)13(6)15(19)17(10-3,11-4)12-5/h18H,8-12H2,1-7H3. The Morgan fingerprint density at radius 1 is 0.895 bits per heavy atom. The molecule has 0 spiro atoms. The molecule has 0 atom stereocenters. The van der Waals surface area contributed by atoms with Crippen molar-refractivity contribution < 1.29 is 9.90 Å². The van der Waals surface area contributed by atoms with E-state index in [1.807, 2.05) is 6.92 Å². The molecular weight excluding hydrogens is 236 g/mol. The fourth-order valence-electron chi connectivity index (χ4n) is 2.77. The van der Waals surface area contributed by atoms with E-state index >= 15 is 0 Å². The molecule has 112 valence electrons. The van der Waals surface area contributed by atoms with E-state index in [0.717, 1.165) is 32.1 Å². The second-order valence-electron chi connectivity index (χ2n) is 5.91. The fraction of sp³-hybridized carbons (Fsp3) is 0.824. The molecule has 19 heavy (non-hydrogen) atoms. The first-order valence-electron chi connectivity index (χ1n) is 7.73. The van der Waals surface area contributed by atoms with Gasteiger partial charge >= 0.3 is 0 Å². The number of carbonyl (C=O) groups excluding carboxylic acids is 1. The molecule has 0 amide bonds. The molecule has 0 saturated heterocycles. The van der Waals surface area contributed by atoms with Crippen molar-refractivity contribution in [1.82, 2.24) is 0 Å². The summed E-state index contributed by atoms with van der Waals surface area (Å²) in [5.41, 5.74) is -0.0157. The van der Waals surface area contributed by atoms with E-state index in [4.69, 9.17) is 0 Å². The summed E-state index contributed by atoms with van der Waals surface area (Å²) < 4.78 is 0. The van der Waals surface area contributed by atoms with Gasteiger partial charge in [-0.15, -0.1) is 0 Å². The lowest BCUT2D eigenvalue weighted by Gasteiger charge is -2.32. The van der Waals surface area contributed by atoms with E-state index < -0.39 is 0 Å². The molecule has 0 heterocycles. The van der Waals surface area contributed by atoms with Gasteiger partial charge in [0.25, 0.3) is 0 Å². The molecule has 0 rings (SSSR count). The third kappa shape index (κ3) is 3.40. The van der Waals surface area contributed by atoms with Crippen molar-refractivity contribution in [3.63, 3.8) is 0 Å². The molecule has 0 aliphatic heterocycles. The molecule has 0 radical (unpaired) electrons. The van der Waals surface area contributed by atoms with Crippen LogP contribution < -0.4 is 0 Å². The zero-order valence-electron chi connectivity index (χ0n) is 13.9. The highest BCUT2D eigenvalue weighted by atomic mass is 16.3. The number of aliphatic hydroxyl groups excluding tert-OH is 1. The molecule has 0 bridgehead atoms. The van der Waals surface area contributed by atoms with Crippen LogP contribution in [0.25, 0.3) is 0 Å². The Morgan fingerprint density at radius 3 is 1.53 bits per heavy atom. The maximum Gasteiger partial charge on any atom is 0.168 e. The van der Waals surface area contributed by atoms with E-state index in [1.165, 1.54) is 0 Å². The Morgan fingerprint density at radius 2 is 1.26 bits per heavy atom. The summed E-state index contributed by atoms with van der Waals surface area (Å²) in [6.07, 6.45) is 4.18. The number of ketones is 1. The minimum absolute atomic E-state index is 0.130. The van der Waals surface area contributed by atoms with Crippen molar-refractivity contribution in [2.24, 2.45) is 10.8 Å². The van der Waals surface area contributed by atoms with Crippen LogP contribution in [0, 0.1) is 10.8 Å². The van der Waals surface area contributed by atoms with Crippen LogP contribution in [0.2, 0.25) is 0 Å². The van der Waals surface area contributed by atoms with Gasteiger partial charge in [-0.25, -0.2) is 0 Å². The normalized spacial score (nSPS) is 14.3. The average molecular weight is 268 g/mol. The molecule has 0 fully saturated rings. The summed E-state index contributed by atoms with van der Waals surface area (Å²) in [4.78, 5) is 12.8. The SMILES string of the molecule is CCC(C)(CC)C(O)=C(C)C(=O)C(CC)(CC)CC. The van der Waals surface area contributed by atoms with E-state index in [0.29, 0.717) is 11.3 Å². The first-order chi connectivity index (χ1) is 8.78. The summed E-state index contributed by atoms with van der Waals surface area (Å²) in [5, 5.41) is 10.5. The second kappa shape index (κ2) is 7.12. The molecule has 2 nitrogen and oxygen atoms in total. The van der Waals surface area contributed by atoms with Crippen molar-refractivity contribution in [2.45, 2.75) is 80.6 Å². The molecule has 0 aromatic heterocycles. The topological polar surface area (TPSA) is 37.3 Å². The van der Waals surface area contributed by atoms with Crippen LogP contribution in [0.3, 0.4) is 0 Å². The largest absolute Gasteiger partial charge is 0.511 e. The van der Waals surface area contributed by atoms with Gasteiger partial charge in [0.15, 0.2) is 5.78 Å². The number of Topliss-reactive ketones (excluding diaryl/α,β-unsaturated/α-hetero) is 1. The lowest BCUT2D eigenvalue weighted by atomic mass is 9.71. The van der Waals surface area contributed by atoms with Gasteiger partial charge in [-0.3, -0.25) is 4.79 Å². The van der Waals surface area contributed by atoms with Gasteiger partial charge in [0, 0.05) is 16.4 Å². The van der Waals surface area contributed by atoms with Crippen LogP contribution in [0.1, 0.15) is 80.6 Å². The number of rotatable bonds is 8. The highest BCUT2D eigenvalue weighted by molar-refractivity contribution is 5.99. The van der Waals surface area contributed by atoms with Crippen LogP contribution >= 0.6 is 0 Å². The summed E-state index contributed by atoms with van der Waals surface area (Å²) in [7, 11) is 0. The lowest BCUT2D eigenvalue weighted by molar-refractivity contribution is -0.125. The van der Waals surface area contributed by atoms with Crippen LogP contribution in [-0.2, 0) is 4.79 Å². The molecule has 0 aliphatic rings. The van der Waals surface area contributed by atoms with Gasteiger partial charge in [0.05, 0.1) is 0 Å². The Balaban J connectivity index is 5.62. The Kier molecular flexibility index (Phi) is 6.82. The Hall–Kier alpha value is -0.790. The van der Waals surface area contributed by atoms with Crippen LogP contribution in [-0.4, -0.2) is 10.9 Å². The number of carbonyl (C=O) groups is 1. The average Bonchev–Trinajstić information content (AvgIpc) is 2.46. The highest BCUT2D eigenvalue weighted by Gasteiger charge is 2.37. The molecule has 0 aromatic rings. The molecule has 0 aromatic carbocycles. The van der Waals surface area contributed by atoms with Gasteiger partial charge in [0.1, 0.15) is 5.76 Å². The molecule has 0 unspecified atom stereocenters. The molecule has 0 saturated carbocycles. The maximum atomic E-state index is 12.8. The van der Waals surface area contributed by atoms with Crippen LogP contribution in [0.15, 0.2) is 11.3 Å². The lowest BCUT2D eigenvalue weighted by Crippen LogP contribution is -2.32. The van der Waals surface area contributed by atoms with E-state index in [9.17, 15) is 9.90 Å². The number of allylic oxidation sites excluding steroid dienone is 2. The molecule has 2 heteroatoms. The second-order valence-corrected chi connectivity index (χ2v) is 5.91. The maximum absolute atomic E-state index is 12.8. The fourth-order valence-corrected chi connectivity index (χ4v) is 2.77. The summed E-state index contributed by atoms with van der Waals surface area (Å²) >= 11 is 0. The quantitative estimate of drug-likeness (QED) is 0.471. The summed E-state index contributed by atoms with van der Waals surface area (Å²) in [6.45, 7) is 14.1. The van der Waals surface area contributed by atoms with E-state index in [1.54, 1.807) is 6.92 Å². The van der Waals surface area contributed by atoms with Crippen molar-refractivity contribution in [1.29, 1.82) is 0 Å². The van der Waals surface area contributed by atoms with Crippen molar-refractivity contribution in [3.8, 4) is 0 Å². The third-order valence-corrected chi connectivity index (χ3v) is 5.34. The molecule has 0 aliphatic carbocycles. The first-order valence-corrected chi connectivity index (χ1v) is 7.73. The van der Waals surface area contributed by atoms with Crippen LogP contribution in [0.4, 0.5) is 0 Å². The number of hydrogen-bond donors (Lipinski definition) is 1. The highest BCUT2D eigenvalue weighted by Crippen LogP contribution is 2.39. The minimum atomic E-state index is -0.305.